The number of anilines is 2. The summed E-state index contributed by atoms with van der Waals surface area (Å²) in [6, 6.07) is 6.29. The molecule has 0 radical (unpaired) electrons. The van der Waals surface area contributed by atoms with Crippen LogP contribution in [0.2, 0.25) is 0 Å². The Morgan fingerprint density at radius 2 is 2.16 bits per heavy atom. The van der Waals surface area contributed by atoms with Crippen molar-refractivity contribution in [2.75, 3.05) is 17.6 Å². The van der Waals surface area contributed by atoms with Gasteiger partial charge >= 0.3 is 0 Å². The van der Waals surface area contributed by atoms with Gasteiger partial charge in [0.1, 0.15) is 11.6 Å². The molecule has 0 unspecified atom stereocenters. The van der Waals surface area contributed by atoms with Crippen molar-refractivity contribution >= 4 is 34.4 Å². The molecule has 1 aromatic heterocycles. The van der Waals surface area contributed by atoms with E-state index in [4.69, 9.17) is 5.73 Å². The second-order valence-electron chi connectivity index (χ2n) is 4.03. The first-order chi connectivity index (χ1) is 9.11. The molecule has 4 nitrogen and oxygen atoms in total. The second kappa shape index (κ2) is 6.14. The fraction of sp³-hybridized carbons (Fsp3) is 0.231. The van der Waals surface area contributed by atoms with Gasteiger partial charge in [0.2, 0.25) is 5.95 Å². The molecule has 1 aromatic carbocycles. The van der Waals surface area contributed by atoms with Crippen LogP contribution in [0.1, 0.15) is 13.3 Å². The normalized spacial score (nSPS) is 10.5. The third kappa shape index (κ3) is 3.31. The molecule has 0 saturated carbocycles. The van der Waals surface area contributed by atoms with Gasteiger partial charge in [-0.15, -0.1) is 0 Å². The van der Waals surface area contributed by atoms with E-state index < -0.39 is 0 Å². The molecule has 2 aromatic rings. The van der Waals surface area contributed by atoms with Crippen molar-refractivity contribution in [1.82, 2.24) is 9.97 Å². The molecule has 0 aliphatic carbocycles. The minimum absolute atomic E-state index is 0.179. The lowest BCUT2D eigenvalue weighted by Gasteiger charge is -2.11. The number of aromatic nitrogens is 2. The van der Waals surface area contributed by atoms with Crippen molar-refractivity contribution in [3.8, 4) is 11.3 Å². The molecular weight excluding hydrogens is 358 g/mol. The molecule has 1 heterocycles. The van der Waals surface area contributed by atoms with E-state index in [-0.39, 0.29) is 11.8 Å². The van der Waals surface area contributed by atoms with Crippen molar-refractivity contribution in [3.05, 3.63) is 33.7 Å². The summed E-state index contributed by atoms with van der Waals surface area (Å²) in [5.74, 6) is 0.570. The number of halogens is 2. The predicted octanol–water partition coefficient (Wildman–Crippen LogP) is 3.29. The van der Waals surface area contributed by atoms with Crippen molar-refractivity contribution in [1.29, 1.82) is 0 Å². The highest BCUT2D eigenvalue weighted by atomic mass is 127. The minimum Gasteiger partial charge on any atom is -0.369 e. The highest BCUT2D eigenvalue weighted by molar-refractivity contribution is 14.1. The molecule has 100 valence electrons. The Morgan fingerprint density at radius 3 is 2.84 bits per heavy atom. The van der Waals surface area contributed by atoms with Crippen LogP contribution < -0.4 is 11.1 Å². The summed E-state index contributed by atoms with van der Waals surface area (Å²) < 4.78 is 14.1. The third-order valence-electron chi connectivity index (χ3n) is 2.51. The third-order valence-corrected chi connectivity index (χ3v) is 3.53. The molecular formula is C13H14FIN4. The molecule has 6 heteroatoms. The van der Waals surface area contributed by atoms with Crippen LogP contribution in [0.4, 0.5) is 16.2 Å². The highest BCUT2D eigenvalue weighted by Crippen LogP contribution is 2.28. The van der Waals surface area contributed by atoms with E-state index in [9.17, 15) is 4.39 Å². The smallest absolute Gasteiger partial charge is 0.222 e. The molecule has 19 heavy (non-hydrogen) atoms. The van der Waals surface area contributed by atoms with E-state index in [0.717, 1.165) is 16.5 Å². The summed E-state index contributed by atoms with van der Waals surface area (Å²) in [5.41, 5.74) is 7.05. The van der Waals surface area contributed by atoms with Gasteiger partial charge in [0.15, 0.2) is 0 Å². The summed E-state index contributed by atoms with van der Waals surface area (Å²) in [4.78, 5) is 8.38. The van der Waals surface area contributed by atoms with Gasteiger partial charge in [-0.3, -0.25) is 0 Å². The number of nitrogens with one attached hydrogen (secondary N) is 1. The SMILES string of the molecule is CCCNc1nc(N)nc(-c2cccc(F)c2)c1I. The van der Waals surface area contributed by atoms with E-state index in [2.05, 4.69) is 44.8 Å². The minimum atomic E-state index is -0.298. The summed E-state index contributed by atoms with van der Waals surface area (Å²) in [6.07, 6.45) is 0.981. The van der Waals surface area contributed by atoms with E-state index in [0.29, 0.717) is 17.1 Å². The lowest BCUT2D eigenvalue weighted by molar-refractivity contribution is 0.628. The summed E-state index contributed by atoms with van der Waals surface area (Å²) in [5, 5.41) is 3.20. The lowest BCUT2D eigenvalue weighted by atomic mass is 10.1. The lowest BCUT2D eigenvalue weighted by Crippen LogP contribution is -2.08. The Balaban J connectivity index is 2.48. The number of hydrogen-bond acceptors (Lipinski definition) is 4. The predicted molar refractivity (Wildman–Crippen MR) is 83.3 cm³/mol. The average molecular weight is 372 g/mol. The van der Waals surface area contributed by atoms with Gasteiger partial charge < -0.3 is 11.1 Å². The zero-order chi connectivity index (χ0) is 13.8. The molecule has 0 aliphatic heterocycles. The molecule has 0 atom stereocenters. The first-order valence-corrected chi connectivity index (χ1v) is 7.02. The number of nitrogen functional groups attached to an aromatic ring is 1. The van der Waals surface area contributed by atoms with Gasteiger partial charge in [-0.2, -0.15) is 4.98 Å². The summed E-state index contributed by atoms with van der Waals surface area (Å²) >= 11 is 2.15. The zero-order valence-electron chi connectivity index (χ0n) is 10.5. The largest absolute Gasteiger partial charge is 0.369 e. The maximum absolute atomic E-state index is 13.3. The quantitative estimate of drug-likeness (QED) is 0.809. The molecule has 0 bridgehead atoms. The molecule has 2 rings (SSSR count). The van der Waals surface area contributed by atoms with E-state index in [1.807, 2.05) is 0 Å². The van der Waals surface area contributed by atoms with Gasteiger partial charge in [0, 0.05) is 12.1 Å². The van der Waals surface area contributed by atoms with Crippen molar-refractivity contribution < 1.29 is 4.39 Å². The van der Waals surface area contributed by atoms with Gasteiger partial charge in [0.05, 0.1) is 9.26 Å². The van der Waals surface area contributed by atoms with E-state index >= 15 is 0 Å². The number of nitrogens with two attached hydrogens (primary N) is 1. The number of hydrogen-bond donors (Lipinski definition) is 2. The Bertz CT molecular complexity index is 589. The first-order valence-electron chi connectivity index (χ1n) is 5.94. The Kier molecular flexibility index (Phi) is 4.52. The maximum atomic E-state index is 13.3. The van der Waals surface area contributed by atoms with Crippen molar-refractivity contribution in [2.45, 2.75) is 13.3 Å². The summed E-state index contributed by atoms with van der Waals surface area (Å²) in [6.45, 7) is 2.87. The van der Waals surface area contributed by atoms with Crippen molar-refractivity contribution in [2.24, 2.45) is 0 Å². The first kappa shape index (κ1) is 14.0. The van der Waals surface area contributed by atoms with Crippen LogP contribution in [0, 0.1) is 9.39 Å². The van der Waals surface area contributed by atoms with Crippen LogP contribution in [0.3, 0.4) is 0 Å². The molecule has 3 N–H and O–H groups in total. The van der Waals surface area contributed by atoms with Gasteiger partial charge in [0.25, 0.3) is 0 Å². The van der Waals surface area contributed by atoms with Gasteiger partial charge in [-0.05, 0) is 41.1 Å². The van der Waals surface area contributed by atoms with Crippen molar-refractivity contribution in [3.63, 3.8) is 0 Å². The zero-order valence-corrected chi connectivity index (χ0v) is 12.6. The average Bonchev–Trinajstić information content (AvgIpc) is 2.39. The van der Waals surface area contributed by atoms with Gasteiger partial charge in [-0.25, -0.2) is 9.37 Å². The van der Waals surface area contributed by atoms with Crippen LogP contribution in [0.5, 0.6) is 0 Å². The highest BCUT2D eigenvalue weighted by Gasteiger charge is 2.13. The monoisotopic (exact) mass is 372 g/mol. The Morgan fingerprint density at radius 1 is 1.37 bits per heavy atom. The van der Waals surface area contributed by atoms with Crippen LogP contribution in [0.15, 0.2) is 24.3 Å². The Hall–Kier alpha value is -1.44. The number of nitrogens with zero attached hydrogens (tertiary/aromatic N) is 2. The molecule has 0 saturated heterocycles. The van der Waals surface area contributed by atoms with E-state index in [1.54, 1.807) is 12.1 Å². The van der Waals surface area contributed by atoms with Crippen LogP contribution in [-0.4, -0.2) is 16.5 Å². The molecule has 0 amide bonds. The molecule has 0 aliphatic rings. The molecule has 0 spiro atoms. The topological polar surface area (TPSA) is 63.8 Å². The molecule has 0 fully saturated rings. The number of benzene rings is 1. The standard InChI is InChI=1S/C13H14FIN4/c1-2-6-17-12-10(15)11(18-13(16)19-12)8-4-3-5-9(14)7-8/h3-5,7H,2,6H2,1H3,(H3,16,17,18,19). The van der Waals surface area contributed by atoms with Crippen LogP contribution in [-0.2, 0) is 0 Å². The Labute approximate surface area is 124 Å². The fourth-order valence-electron chi connectivity index (χ4n) is 1.65. The van der Waals surface area contributed by atoms with Gasteiger partial charge in [-0.1, -0.05) is 19.1 Å². The van der Waals surface area contributed by atoms with Crippen LogP contribution >= 0.6 is 22.6 Å². The fourth-order valence-corrected chi connectivity index (χ4v) is 2.40. The van der Waals surface area contributed by atoms with E-state index in [1.165, 1.54) is 12.1 Å². The summed E-state index contributed by atoms with van der Waals surface area (Å²) in [7, 11) is 0. The maximum Gasteiger partial charge on any atom is 0.222 e. The second-order valence-corrected chi connectivity index (χ2v) is 5.11. The van der Waals surface area contributed by atoms with Crippen LogP contribution in [0.25, 0.3) is 11.3 Å². The number of rotatable bonds is 4.